The van der Waals surface area contributed by atoms with Crippen molar-refractivity contribution in [1.29, 1.82) is 0 Å². The number of hydrogen-bond acceptors (Lipinski definition) is 8. The molecule has 296 valence electrons. The summed E-state index contributed by atoms with van der Waals surface area (Å²) in [4.78, 5) is 44.2. The first-order valence-electron chi connectivity index (χ1n) is 19.9. The van der Waals surface area contributed by atoms with Gasteiger partial charge in [0, 0.05) is 31.6 Å². The molecule has 1 saturated heterocycles. The second kappa shape index (κ2) is 20.6. The average molecular weight is 755 g/mol. The Morgan fingerprint density at radius 3 is 2.18 bits per heavy atom. The highest BCUT2D eigenvalue weighted by atomic mass is 16.6. The van der Waals surface area contributed by atoms with Crippen molar-refractivity contribution in [3.63, 3.8) is 0 Å². The van der Waals surface area contributed by atoms with E-state index >= 15 is 0 Å². The van der Waals surface area contributed by atoms with Crippen LogP contribution in [0.1, 0.15) is 83.3 Å². The number of unbranched alkanes of at least 4 members (excludes halogenated alkanes) is 1. The van der Waals surface area contributed by atoms with Crippen molar-refractivity contribution in [2.24, 2.45) is 5.92 Å². The largest absolute Gasteiger partial charge is 0.493 e. The van der Waals surface area contributed by atoms with E-state index < -0.39 is 18.2 Å². The number of alkyl carbamates (subject to hydrolysis) is 1. The number of fused-ring (bicyclic) bond motifs is 3. The molecule has 3 aromatic rings. The molecule has 1 heterocycles. The van der Waals surface area contributed by atoms with Crippen molar-refractivity contribution < 1.29 is 33.3 Å². The van der Waals surface area contributed by atoms with Gasteiger partial charge < -0.3 is 39.4 Å². The van der Waals surface area contributed by atoms with E-state index in [-0.39, 0.29) is 24.3 Å². The molecule has 0 aromatic heterocycles. The Labute approximate surface area is 326 Å². The molecule has 0 bridgehead atoms. The molecule has 1 atom stereocenters. The zero-order valence-corrected chi connectivity index (χ0v) is 32.9. The minimum Gasteiger partial charge on any atom is -0.493 e. The molecule has 1 fully saturated rings. The number of nitrogens with one attached hydrogen (secondary N) is 2. The third-order valence-electron chi connectivity index (χ3n) is 10.4. The van der Waals surface area contributed by atoms with Crippen LogP contribution in [0.3, 0.4) is 0 Å². The third kappa shape index (κ3) is 11.5. The molecule has 0 saturated carbocycles. The molecule has 2 aliphatic rings. The van der Waals surface area contributed by atoms with Gasteiger partial charge in [0.2, 0.25) is 5.91 Å². The Morgan fingerprint density at radius 2 is 1.55 bits per heavy atom. The lowest BCUT2D eigenvalue weighted by atomic mass is 9.90. The number of allylic oxidation sites excluding steroid dienone is 1. The van der Waals surface area contributed by atoms with E-state index in [2.05, 4.69) is 67.1 Å². The molecule has 3 aromatic carbocycles. The Hall–Kier alpha value is -5.03. The highest BCUT2D eigenvalue weighted by molar-refractivity contribution is 5.97. The Bertz CT molecular complexity index is 1710. The quantitative estimate of drug-likeness (QED) is 0.0923. The molecule has 1 aliphatic carbocycles. The predicted molar refractivity (Wildman–Crippen MR) is 216 cm³/mol. The second-order valence-electron chi connectivity index (χ2n) is 14.3. The number of likely N-dealkylation sites (tertiary alicyclic amines) is 1. The van der Waals surface area contributed by atoms with Gasteiger partial charge in [-0.1, -0.05) is 82.3 Å². The number of hydrogen-bond donors (Lipinski definition) is 2. The van der Waals surface area contributed by atoms with Gasteiger partial charge in [0.05, 0.1) is 24.7 Å². The summed E-state index contributed by atoms with van der Waals surface area (Å²) in [6, 6.07) is 20.8. The molecule has 11 heteroatoms. The van der Waals surface area contributed by atoms with Crippen molar-refractivity contribution in [2.75, 3.05) is 57.9 Å². The standard InChI is InChI=1S/C44H58N4O7/c1-6-9-26-53-41-29-33(52-27-14-23-47(7-2)8-3)19-20-39(41)45-42(49)40(28-32-21-24-48(25-22-32)44(51)55-31(4)5)46-43(50)54-30-38-36-17-12-10-15-34(36)35-16-11-13-18-37(35)38/h10-13,15-20,29,32,38,40H,4,6-9,14,21-28,30H2,1-3,5H3,(H,45,49)(H,46,50). The van der Waals surface area contributed by atoms with E-state index in [4.69, 9.17) is 18.9 Å². The predicted octanol–water partition coefficient (Wildman–Crippen LogP) is 8.59. The van der Waals surface area contributed by atoms with Crippen LogP contribution in [0.15, 0.2) is 79.1 Å². The number of carbonyl (C=O) groups is 3. The minimum absolute atomic E-state index is 0.0610. The molecule has 1 aliphatic heterocycles. The molecule has 11 nitrogen and oxygen atoms in total. The average Bonchev–Trinajstić information content (AvgIpc) is 3.51. The van der Waals surface area contributed by atoms with Crippen LogP contribution in [-0.4, -0.2) is 86.5 Å². The summed E-state index contributed by atoms with van der Waals surface area (Å²) in [5.41, 5.74) is 4.98. The molecule has 3 amide bonds. The van der Waals surface area contributed by atoms with Gasteiger partial charge in [0.15, 0.2) is 0 Å². The Balaban J connectivity index is 1.28. The third-order valence-corrected chi connectivity index (χ3v) is 10.4. The van der Waals surface area contributed by atoms with Crippen molar-refractivity contribution >= 4 is 23.8 Å². The lowest BCUT2D eigenvalue weighted by Gasteiger charge is -2.33. The Morgan fingerprint density at radius 1 is 0.891 bits per heavy atom. The number of amides is 3. The van der Waals surface area contributed by atoms with Gasteiger partial charge in [0.25, 0.3) is 0 Å². The number of nitrogens with zero attached hydrogens (tertiary/aromatic N) is 2. The van der Waals surface area contributed by atoms with Crippen molar-refractivity contribution in [3.05, 3.63) is 90.2 Å². The summed E-state index contributed by atoms with van der Waals surface area (Å²) in [5.74, 6) is 1.07. The van der Waals surface area contributed by atoms with Gasteiger partial charge in [-0.05, 0) is 92.4 Å². The molecule has 1 unspecified atom stereocenters. The van der Waals surface area contributed by atoms with Crippen LogP contribution >= 0.6 is 0 Å². The van der Waals surface area contributed by atoms with E-state index in [1.165, 1.54) is 0 Å². The van der Waals surface area contributed by atoms with E-state index in [1.54, 1.807) is 17.9 Å². The smallest absolute Gasteiger partial charge is 0.414 e. The maximum atomic E-state index is 14.1. The number of carbonyl (C=O) groups excluding carboxylic acids is 3. The van der Waals surface area contributed by atoms with Crippen LogP contribution in [0.2, 0.25) is 0 Å². The zero-order valence-electron chi connectivity index (χ0n) is 32.9. The van der Waals surface area contributed by atoms with E-state index in [1.807, 2.05) is 36.4 Å². The van der Waals surface area contributed by atoms with Crippen LogP contribution in [0.4, 0.5) is 15.3 Å². The summed E-state index contributed by atoms with van der Waals surface area (Å²) in [6.45, 7) is 16.8. The second-order valence-corrected chi connectivity index (χ2v) is 14.3. The highest BCUT2D eigenvalue weighted by Crippen LogP contribution is 2.44. The topological polar surface area (TPSA) is 119 Å². The molecular weight excluding hydrogens is 697 g/mol. The normalized spacial score (nSPS) is 14.5. The Kier molecular flexibility index (Phi) is 15.4. The van der Waals surface area contributed by atoms with Gasteiger partial charge in [-0.15, -0.1) is 0 Å². The number of anilines is 1. The van der Waals surface area contributed by atoms with E-state index in [0.717, 1.165) is 61.2 Å². The van der Waals surface area contributed by atoms with E-state index in [0.29, 0.717) is 68.5 Å². The SMILES string of the molecule is C=C(C)OC(=O)N1CCC(CC(NC(=O)OCC2c3ccccc3-c3ccccc32)C(=O)Nc2ccc(OCCCN(CC)CC)cc2OCCCC)CC1. The van der Waals surface area contributed by atoms with Crippen LogP contribution in [-0.2, 0) is 14.3 Å². The first-order chi connectivity index (χ1) is 26.7. The first-order valence-corrected chi connectivity index (χ1v) is 19.9. The fourth-order valence-electron chi connectivity index (χ4n) is 7.29. The lowest BCUT2D eigenvalue weighted by molar-refractivity contribution is -0.118. The summed E-state index contributed by atoms with van der Waals surface area (Å²) >= 11 is 0. The van der Waals surface area contributed by atoms with E-state index in [9.17, 15) is 14.4 Å². The molecule has 5 rings (SSSR count). The summed E-state index contributed by atoms with van der Waals surface area (Å²) in [5, 5.41) is 5.93. The van der Waals surface area contributed by atoms with Gasteiger partial charge in [-0.2, -0.15) is 0 Å². The zero-order chi connectivity index (χ0) is 39.2. The number of benzene rings is 3. The molecule has 0 radical (unpaired) electrons. The summed E-state index contributed by atoms with van der Waals surface area (Å²) < 4.78 is 23.3. The highest BCUT2D eigenvalue weighted by Gasteiger charge is 2.32. The van der Waals surface area contributed by atoms with Gasteiger partial charge in [-0.3, -0.25) is 4.79 Å². The fourth-order valence-corrected chi connectivity index (χ4v) is 7.29. The minimum atomic E-state index is -0.908. The maximum absolute atomic E-state index is 14.1. The first kappa shape index (κ1) is 41.1. The van der Waals surface area contributed by atoms with Crippen LogP contribution in [0.5, 0.6) is 11.5 Å². The lowest BCUT2D eigenvalue weighted by Crippen LogP contribution is -2.47. The van der Waals surface area contributed by atoms with Crippen LogP contribution < -0.4 is 20.1 Å². The summed E-state index contributed by atoms with van der Waals surface area (Å²) in [6.07, 6.45) is 3.26. The fraction of sp³-hybridized carbons (Fsp3) is 0.477. The van der Waals surface area contributed by atoms with Crippen molar-refractivity contribution in [3.8, 4) is 22.6 Å². The number of piperidine rings is 1. The number of rotatable bonds is 19. The number of ether oxygens (including phenoxy) is 4. The van der Waals surface area contributed by atoms with Gasteiger partial charge >= 0.3 is 12.2 Å². The summed E-state index contributed by atoms with van der Waals surface area (Å²) in [7, 11) is 0. The molecule has 2 N–H and O–H groups in total. The van der Waals surface area contributed by atoms with Crippen molar-refractivity contribution in [1.82, 2.24) is 15.1 Å². The van der Waals surface area contributed by atoms with Gasteiger partial charge in [-0.25, -0.2) is 9.59 Å². The molecule has 55 heavy (non-hydrogen) atoms. The molecule has 0 spiro atoms. The van der Waals surface area contributed by atoms with Crippen molar-refractivity contribution in [2.45, 2.75) is 78.2 Å². The van der Waals surface area contributed by atoms with Crippen LogP contribution in [0, 0.1) is 5.92 Å². The monoisotopic (exact) mass is 754 g/mol. The van der Waals surface area contributed by atoms with Crippen LogP contribution in [0.25, 0.3) is 11.1 Å². The molecular formula is C44H58N4O7. The maximum Gasteiger partial charge on any atom is 0.414 e. The van der Waals surface area contributed by atoms with Gasteiger partial charge in [0.1, 0.15) is 24.1 Å².